The van der Waals surface area contributed by atoms with Gasteiger partial charge in [-0.2, -0.15) is 0 Å². The number of aromatic nitrogens is 4. The number of aryl methyl sites for hydroxylation is 1. The first kappa shape index (κ1) is 13.5. The fraction of sp³-hybridized carbons (Fsp3) is 0.438. The maximum absolute atomic E-state index is 5.94. The highest BCUT2D eigenvalue weighted by molar-refractivity contribution is 5.72. The molecule has 4 rings (SSSR count). The Morgan fingerprint density at radius 3 is 3.05 bits per heavy atom. The van der Waals surface area contributed by atoms with E-state index >= 15 is 0 Å². The first-order valence-corrected chi connectivity index (χ1v) is 7.70. The van der Waals surface area contributed by atoms with Crippen molar-refractivity contribution in [2.24, 2.45) is 7.05 Å². The molecular weight excluding hydrogens is 278 g/mol. The van der Waals surface area contributed by atoms with Crippen molar-refractivity contribution < 1.29 is 4.42 Å². The van der Waals surface area contributed by atoms with Crippen molar-refractivity contribution in [1.29, 1.82) is 0 Å². The van der Waals surface area contributed by atoms with Crippen molar-refractivity contribution in [2.75, 3.05) is 13.1 Å². The molecule has 3 aromatic rings. The minimum Gasteiger partial charge on any atom is -0.440 e. The molecule has 1 aliphatic rings. The Hall–Kier alpha value is -2.21. The molecule has 22 heavy (non-hydrogen) atoms. The van der Waals surface area contributed by atoms with Crippen molar-refractivity contribution in [1.82, 2.24) is 24.6 Å². The largest absolute Gasteiger partial charge is 0.440 e. The number of oxazole rings is 1. The predicted octanol–water partition coefficient (Wildman–Crippen LogP) is 2.34. The molecule has 6 heteroatoms. The first-order chi connectivity index (χ1) is 10.8. The summed E-state index contributed by atoms with van der Waals surface area (Å²) in [6.07, 6.45) is 4.03. The molecule has 0 aliphatic carbocycles. The van der Waals surface area contributed by atoms with Crippen LogP contribution < -0.4 is 0 Å². The third-order valence-corrected chi connectivity index (χ3v) is 4.34. The summed E-state index contributed by atoms with van der Waals surface area (Å²) < 4.78 is 7.92. The third kappa shape index (κ3) is 2.50. The molecule has 0 amide bonds. The summed E-state index contributed by atoms with van der Waals surface area (Å²) in [6.45, 7) is 2.87. The maximum Gasteiger partial charge on any atom is 0.199 e. The van der Waals surface area contributed by atoms with Crippen LogP contribution >= 0.6 is 0 Å². The Labute approximate surface area is 128 Å². The van der Waals surface area contributed by atoms with Crippen molar-refractivity contribution in [2.45, 2.75) is 25.3 Å². The smallest absolute Gasteiger partial charge is 0.199 e. The molecule has 0 saturated carbocycles. The number of benzene rings is 1. The van der Waals surface area contributed by atoms with Crippen LogP contribution in [0, 0.1) is 0 Å². The van der Waals surface area contributed by atoms with Crippen molar-refractivity contribution in [3.05, 3.63) is 42.3 Å². The van der Waals surface area contributed by atoms with E-state index in [1.54, 1.807) is 6.33 Å². The van der Waals surface area contributed by atoms with E-state index in [0.717, 1.165) is 55.3 Å². The van der Waals surface area contributed by atoms with Gasteiger partial charge >= 0.3 is 0 Å². The number of hydrogen-bond acceptors (Lipinski definition) is 5. The highest BCUT2D eigenvalue weighted by Gasteiger charge is 2.26. The number of para-hydroxylation sites is 2. The molecule has 0 spiro atoms. The van der Waals surface area contributed by atoms with Crippen LogP contribution in [0.15, 0.2) is 35.0 Å². The molecular formula is C16H19N5O. The monoisotopic (exact) mass is 297 g/mol. The van der Waals surface area contributed by atoms with Gasteiger partial charge in [0.15, 0.2) is 11.5 Å². The molecule has 1 atom stereocenters. The van der Waals surface area contributed by atoms with Crippen LogP contribution in [0.25, 0.3) is 11.1 Å². The van der Waals surface area contributed by atoms with Crippen LogP contribution in [-0.4, -0.2) is 37.7 Å². The number of hydrogen-bond donors (Lipinski definition) is 0. The quantitative estimate of drug-likeness (QED) is 0.742. The zero-order valence-corrected chi connectivity index (χ0v) is 12.6. The summed E-state index contributed by atoms with van der Waals surface area (Å²) in [5.41, 5.74) is 1.82. The van der Waals surface area contributed by atoms with E-state index in [0.29, 0.717) is 5.92 Å². The Morgan fingerprint density at radius 2 is 2.23 bits per heavy atom. The minimum atomic E-state index is 0.356. The average Bonchev–Trinajstić information content (AvgIpc) is 3.14. The molecule has 1 unspecified atom stereocenters. The summed E-state index contributed by atoms with van der Waals surface area (Å²) in [7, 11) is 1.98. The van der Waals surface area contributed by atoms with Gasteiger partial charge in [0.2, 0.25) is 0 Å². The van der Waals surface area contributed by atoms with Crippen molar-refractivity contribution >= 4 is 11.1 Å². The summed E-state index contributed by atoms with van der Waals surface area (Å²) in [5, 5.41) is 8.12. The van der Waals surface area contributed by atoms with Gasteiger partial charge in [0.1, 0.15) is 17.7 Å². The molecule has 1 aliphatic heterocycles. The van der Waals surface area contributed by atoms with E-state index in [2.05, 4.69) is 20.1 Å². The Bertz CT molecular complexity index is 745. The summed E-state index contributed by atoms with van der Waals surface area (Å²) in [5.74, 6) is 2.22. The lowest BCUT2D eigenvalue weighted by molar-refractivity contribution is 0.182. The van der Waals surface area contributed by atoms with Gasteiger partial charge in [-0.05, 0) is 31.5 Å². The summed E-state index contributed by atoms with van der Waals surface area (Å²) in [4.78, 5) is 7.07. The molecule has 0 bridgehead atoms. The Morgan fingerprint density at radius 1 is 1.32 bits per heavy atom. The van der Waals surface area contributed by atoms with Gasteiger partial charge in [0.25, 0.3) is 0 Å². The minimum absolute atomic E-state index is 0.356. The first-order valence-electron chi connectivity index (χ1n) is 7.70. The molecule has 1 aromatic carbocycles. The van der Waals surface area contributed by atoms with Crippen LogP contribution in [0.5, 0.6) is 0 Å². The van der Waals surface area contributed by atoms with Crippen molar-refractivity contribution in [3.63, 3.8) is 0 Å². The fourth-order valence-electron chi connectivity index (χ4n) is 3.12. The SMILES string of the molecule is Cn1cnnc1CN1CCCC(c2nc3ccccc3o2)C1. The molecule has 1 fully saturated rings. The molecule has 2 aromatic heterocycles. The normalized spacial score (nSPS) is 19.8. The van der Waals surface area contributed by atoms with E-state index in [1.165, 1.54) is 0 Å². The second kappa shape index (κ2) is 5.53. The molecule has 0 N–H and O–H groups in total. The zero-order chi connectivity index (χ0) is 14.9. The van der Waals surface area contributed by atoms with Gasteiger partial charge in [-0.3, -0.25) is 4.90 Å². The Balaban J connectivity index is 1.51. The number of piperidine rings is 1. The summed E-state index contributed by atoms with van der Waals surface area (Å²) in [6, 6.07) is 7.96. The van der Waals surface area contributed by atoms with E-state index < -0.39 is 0 Å². The van der Waals surface area contributed by atoms with Gasteiger partial charge in [-0.15, -0.1) is 10.2 Å². The maximum atomic E-state index is 5.94. The molecule has 6 nitrogen and oxygen atoms in total. The highest BCUT2D eigenvalue weighted by atomic mass is 16.3. The number of rotatable bonds is 3. The van der Waals surface area contributed by atoms with Crippen LogP contribution in [0.2, 0.25) is 0 Å². The Kier molecular flexibility index (Phi) is 3.38. The van der Waals surface area contributed by atoms with Crippen LogP contribution in [0.3, 0.4) is 0 Å². The molecule has 114 valence electrons. The lowest BCUT2D eigenvalue weighted by atomic mass is 9.98. The zero-order valence-electron chi connectivity index (χ0n) is 12.6. The van der Waals surface area contributed by atoms with Crippen LogP contribution in [0.4, 0.5) is 0 Å². The molecule has 0 radical (unpaired) electrons. The number of nitrogens with zero attached hydrogens (tertiary/aromatic N) is 5. The lowest BCUT2D eigenvalue weighted by Gasteiger charge is -2.30. The van der Waals surface area contributed by atoms with Gasteiger partial charge in [0.05, 0.1) is 6.54 Å². The van der Waals surface area contributed by atoms with E-state index in [4.69, 9.17) is 4.42 Å². The molecule has 1 saturated heterocycles. The van der Waals surface area contributed by atoms with Gasteiger partial charge in [-0.1, -0.05) is 12.1 Å². The standard InChI is InChI=1S/C16H19N5O/c1-20-11-17-19-15(20)10-21-8-4-5-12(9-21)16-18-13-6-2-3-7-14(13)22-16/h2-3,6-7,11-12H,4-5,8-10H2,1H3. The van der Waals surface area contributed by atoms with Crippen molar-refractivity contribution in [3.8, 4) is 0 Å². The van der Waals surface area contributed by atoms with E-state index in [-0.39, 0.29) is 0 Å². The number of likely N-dealkylation sites (tertiary alicyclic amines) is 1. The lowest BCUT2D eigenvalue weighted by Crippen LogP contribution is -2.34. The van der Waals surface area contributed by atoms with Gasteiger partial charge in [0, 0.05) is 19.5 Å². The number of fused-ring (bicyclic) bond motifs is 1. The second-order valence-electron chi connectivity index (χ2n) is 5.95. The predicted molar refractivity (Wildman–Crippen MR) is 82.3 cm³/mol. The van der Waals surface area contributed by atoms with E-state index in [1.807, 2.05) is 35.9 Å². The molecule has 3 heterocycles. The van der Waals surface area contributed by atoms with Crippen LogP contribution in [0.1, 0.15) is 30.5 Å². The topological polar surface area (TPSA) is 60.0 Å². The second-order valence-corrected chi connectivity index (χ2v) is 5.95. The van der Waals surface area contributed by atoms with Gasteiger partial charge in [-0.25, -0.2) is 4.98 Å². The fourth-order valence-corrected chi connectivity index (χ4v) is 3.12. The van der Waals surface area contributed by atoms with Crippen LogP contribution in [-0.2, 0) is 13.6 Å². The third-order valence-electron chi connectivity index (χ3n) is 4.34. The summed E-state index contributed by atoms with van der Waals surface area (Å²) >= 11 is 0. The average molecular weight is 297 g/mol. The van der Waals surface area contributed by atoms with Gasteiger partial charge < -0.3 is 8.98 Å². The van der Waals surface area contributed by atoms with E-state index in [9.17, 15) is 0 Å². The highest BCUT2D eigenvalue weighted by Crippen LogP contribution is 2.29.